The number of benzene rings is 1. The van der Waals surface area contributed by atoms with Crippen molar-refractivity contribution in [1.82, 2.24) is 9.78 Å². The standard InChI is InChI=1S/C14H17N3O3/c1-10-4-3-5-12(14(18)19)13(10)16-11-8-15-17(9-11)6-7-20-2/h3-5,8-9,16H,6-7H2,1-2H3,(H,18,19). The summed E-state index contributed by atoms with van der Waals surface area (Å²) in [6.07, 6.45) is 3.48. The maximum Gasteiger partial charge on any atom is 0.337 e. The molecule has 0 saturated heterocycles. The molecular formula is C14H17N3O3. The van der Waals surface area contributed by atoms with Gasteiger partial charge in [0.1, 0.15) is 0 Å². The summed E-state index contributed by atoms with van der Waals surface area (Å²) in [5.41, 5.74) is 2.45. The molecule has 0 atom stereocenters. The molecule has 1 heterocycles. The fraction of sp³-hybridized carbons (Fsp3) is 0.286. The number of para-hydroxylation sites is 1. The summed E-state index contributed by atoms with van der Waals surface area (Å²) in [5, 5.41) is 16.5. The molecule has 0 bridgehead atoms. The zero-order valence-electron chi connectivity index (χ0n) is 11.5. The number of nitrogens with one attached hydrogen (secondary N) is 1. The quantitative estimate of drug-likeness (QED) is 0.845. The minimum absolute atomic E-state index is 0.245. The van der Waals surface area contributed by atoms with Gasteiger partial charge in [-0.15, -0.1) is 0 Å². The van der Waals surface area contributed by atoms with Gasteiger partial charge >= 0.3 is 5.97 Å². The van der Waals surface area contributed by atoms with Crippen molar-refractivity contribution in [1.29, 1.82) is 0 Å². The van der Waals surface area contributed by atoms with Crippen molar-refractivity contribution >= 4 is 17.3 Å². The smallest absolute Gasteiger partial charge is 0.337 e. The number of methoxy groups -OCH3 is 1. The molecule has 0 radical (unpaired) electrons. The van der Waals surface area contributed by atoms with E-state index in [-0.39, 0.29) is 5.56 Å². The molecule has 0 aliphatic heterocycles. The minimum Gasteiger partial charge on any atom is -0.478 e. The van der Waals surface area contributed by atoms with E-state index in [1.54, 1.807) is 30.1 Å². The van der Waals surface area contributed by atoms with Crippen molar-refractivity contribution in [3.05, 3.63) is 41.7 Å². The Bertz CT molecular complexity index is 607. The number of carboxylic acid groups (broad SMARTS) is 1. The topological polar surface area (TPSA) is 76.4 Å². The molecular weight excluding hydrogens is 258 g/mol. The highest BCUT2D eigenvalue weighted by molar-refractivity contribution is 5.96. The van der Waals surface area contributed by atoms with Gasteiger partial charge in [-0.25, -0.2) is 4.79 Å². The van der Waals surface area contributed by atoms with Crippen molar-refractivity contribution in [2.75, 3.05) is 19.0 Å². The average Bonchev–Trinajstić information content (AvgIpc) is 2.86. The maximum absolute atomic E-state index is 11.2. The predicted octanol–water partition coefficient (Wildman–Crippen LogP) is 2.28. The number of hydrogen-bond donors (Lipinski definition) is 2. The van der Waals surface area contributed by atoms with Gasteiger partial charge in [-0.2, -0.15) is 5.10 Å². The molecule has 0 saturated carbocycles. The van der Waals surface area contributed by atoms with Crippen LogP contribution in [-0.4, -0.2) is 34.6 Å². The molecule has 2 rings (SSSR count). The van der Waals surface area contributed by atoms with E-state index in [2.05, 4.69) is 10.4 Å². The van der Waals surface area contributed by atoms with Crippen LogP contribution >= 0.6 is 0 Å². The molecule has 6 heteroatoms. The second-order valence-corrected chi connectivity index (χ2v) is 4.41. The van der Waals surface area contributed by atoms with Gasteiger partial charge in [-0.3, -0.25) is 4.68 Å². The molecule has 0 unspecified atom stereocenters. The zero-order valence-corrected chi connectivity index (χ0v) is 11.5. The molecule has 6 nitrogen and oxygen atoms in total. The Morgan fingerprint density at radius 2 is 2.30 bits per heavy atom. The molecule has 1 aromatic heterocycles. The lowest BCUT2D eigenvalue weighted by Gasteiger charge is -2.10. The normalized spacial score (nSPS) is 10.5. The van der Waals surface area contributed by atoms with Crippen molar-refractivity contribution in [3.63, 3.8) is 0 Å². The van der Waals surface area contributed by atoms with Crippen LogP contribution < -0.4 is 5.32 Å². The summed E-state index contributed by atoms with van der Waals surface area (Å²) in [7, 11) is 1.63. The maximum atomic E-state index is 11.2. The SMILES string of the molecule is COCCn1cc(Nc2c(C)cccc2C(=O)O)cn1. The van der Waals surface area contributed by atoms with Gasteiger partial charge in [-0.1, -0.05) is 12.1 Å². The van der Waals surface area contributed by atoms with E-state index in [4.69, 9.17) is 4.74 Å². The molecule has 20 heavy (non-hydrogen) atoms. The van der Waals surface area contributed by atoms with E-state index in [0.29, 0.717) is 18.8 Å². The first-order valence-corrected chi connectivity index (χ1v) is 6.23. The Morgan fingerprint density at radius 3 is 3.00 bits per heavy atom. The first kappa shape index (κ1) is 14.1. The van der Waals surface area contributed by atoms with Gasteiger partial charge in [0.2, 0.25) is 0 Å². The number of carboxylic acids is 1. The van der Waals surface area contributed by atoms with E-state index in [1.165, 1.54) is 0 Å². The first-order chi connectivity index (χ1) is 9.61. The van der Waals surface area contributed by atoms with Gasteiger partial charge in [0.05, 0.1) is 36.3 Å². The minimum atomic E-state index is -0.956. The van der Waals surface area contributed by atoms with E-state index in [1.807, 2.05) is 19.2 Å². The lowest BCUT2D eigenvalue weighted by Crippen LogP contribution is -2.05. The van der Waals surface area contributed by atoms with E-state index < -0.39 is 5.97 Å². The molecule has 0 aliphatic rings. The van der Waals surface area contributed by atoms with Crippen LogP contribution in [0.15, 0.2) is 30.6 Å². The van der Waals surface area contributed by atoms with Crippen molar-refractivity contribution < 1.29 is 14.6 Å². The Morgan fingerprint density at radius 1 is 1.50 bits per heavy atom. The summed E-state index contributed by atoms with van der Waals surface area (Å²) in [4.78, 5) is 11.2. The molecule has 0 fully saturated rings. The van der Waals surface area contributed by atoms with E-state index in [0.717, 1.165) is 11.3 Å². The summed E-state index contributed by atoms with van der Waals surface area (Å²) < 4.78 is 6.72. The van der Waals surface area contributed by atoms with E-state index in [9.17, 15) is 9.90 Å². The molecule has 0 spiro atoms. The van der Waals surface area contributed by atoms with Crippen LogP contribution in [0, 0.1) is 6.92 Å². The molecule has 1 aromatic carbocycles. The fourth-order valence-electron chi connectivity index (χ4n) is 1.89. The van der Waals surface area contributed by atoms with Crippen LogP contribution in [0.3, 0.4) is 0 Å². The highest BCUT2D eigenvalue weighted by atomic mass is 16.5. The summed E-state index contributed by atoms with van der Waals surface area (Å²) in [6.45, 7) is 3.09. The summed E-state index contributed by atoms with van der Waals surface area (Å²) >= 11 is 0. The Hall–Kier alpha value is -2.34. The van der Waals surface area contributed by atoms with Crippen LogP contribution in [0.4, 0.5) is 11.4 Å². The van der Waals surface area contributed by atoms with Gasteiger partial charge in [0.15, 0.2) is 0 Å². The highest BCUT2D eigenvalue weighted by Gasteiger charge is 2.12. The largest absolute Gasteiger partial charge is 0.478 e. The number of nitrogens with zero attached hydrogens (tertiary/aromatic N) is 2. The first-order valence-electron chi connectivity index (χ1n) is 6.23. The van der Waals surface area contributed by atoms with Gasteiger partial charge < -0.3 is 15.2 Å². The molecule has 0 aliphatic carbocycles. The Kier molecular flexibility index (Phi) is 4.37. The summed E-state index contributed by atoms with van der Waals surface area (Å²) in [5.74, 6) is -0.956. The number of hydrogen-bond acceptors (Lipinski definition) is 4. The fourth-order valence-corrected chi connectivity index (χ4v) is 1.89. The van der Waals surface area contributed by atoms with Gasteiger partial charge in [-0.05, 0) is 18.6 Å². The third-order valence-electron chi connectivity index (χ3n) is 2.93. The summed E-state index contributed by atoms with van der Waals surface area (Å²) in [6, 6.07) is 5.17. The second kappa shape index (κ2) is 6.21. The third kappa shape index (κ3) is 3.16. The van der Waals surface area contributed by atoms with Crippen LogP contribution in [0.2, 0.25) is 0 Å². The zero-order chi connectivity index (χ0) is 14.5. The van der Waals surface area contributed by atoms with Crippen LogP contribution in [0.5, 0.6) is 0 Å². The third-order valence-corrected chi connectivity index (χ3v) is 2.93. The lowest BCUT2D eigenvalue weighted by atomic mass is 10.1. The Labute approximate surface area is 117 Å². The highest BCUT2D eigenvalue weighted by Crippen LogP contribution is 2.24. The van der Waals surface area contributed by atoms with Crippen LogP contribution in [-0.2, 0) is 11.3 Å². The second-order valence-electron chi connectivity index (χ2n) is 4.41. The molecule has 2 aromatic rings. The van der Waals surface area contributed by atoms with Crippen molar-refractivity contribution in [2.24, 2.45) is 0 Å². The van der Waals surface area contributed by atoms with Gasteiger partial charge in [0.25, 0.3) is 0 Å². The number of aromatic carboxylic acids is 1. The predicted molar refractivity (Wildman–Crippen MR) is 75.5 cm³/mol. The number of aryl methyl sites for hydroxylation is 1. The average molecular weight is 275 g/mol. The number of rotatable bonds is 6. The van der Waals surface area contributed by atoms with Crippen molar-refractivity contribution in [3.8, 4) is 0 Å². The number of aromatic nitrogens is 2. The Balaban J connectivity index is 2.21. The number of carbonyl (C=O) groups is 1. The number of anilines is 2. The van der Waals surface area contributed by atoms with E-state index >= 15 is 0 Å². The van der Waals surface area contributed by atoms with Crippen LogP contribution in [0.25, 0.3) is 0 Å². The van der Waals surface area contributed by atoms with Crippen molar-refractivity contribution in [2.45, 2.75) is 13.5 Å². The molecule has 2 N–H and O–H groups in total. The van der Waals surface area contributed by atoms with Gasteiger partial charge in [0, 0.05) is 13.3 Å². The molecule has 106 valence electrons. The monoisotopic (exact) mass is 275 g/mol. The van der Waals surface area contributed by atoms with Crippen LogP contribution in [0.1, 0.15) is 15.9 Å². The lowest BCUT2D eigenvalue weighted by molar-refractivity contribution is 0.0698. The number of ether oxygens (including phenoxy) is 1. The molecule has 0 amide bonds.